The normalized spacial score (nSPS) is 12.8. The predicted molar refractivity (Wildman–Crippen MR) is 89.4 cm³/mol. The molecular formula is C18H25NO4. The maximum Gasteiger partial charge on any atom is 0.304 e. The van der Waals surface area contributed by atoms with Crippen molar-refractivity contribution in [2.24, 2.45) is 17.3 Å². The molecule has 5 heteroatoms. The van der Waals surface area contributed by atoms with E-state index in [1.165, 1.54) is 0 Å². The summed E-state index contributed by atoms with van der Waals surface area (Å²) in [7, 11) is 0. The molecule has 0 aromatic heterocycles. The average molecular weight is 319 g/mol. The summed E-state index contributed by atoms with van der Waals surface area (Å²) in [6.07, 6.45) is -0.223. The van der Waals surface area contributed by atoms with Gasteiger partial charge in [-0.3, -0.25) is 14.4 Å². The molecule has 0 aliphatic rings. The van der Waals surface area contributed by atoms with E-state index in [9.17, 15) is 14.4 Å². The Morgan fingerprint density at radius 1 is 1.09 bits per heavy atom. The Hall–Kier alpha value is -2.17. The maximum atomic E-state index is 12.4. The second-order valence-corrected chi connectivity index (χ2v) is 7.10. The smallest absolute Gasteiger partial charge is 0.304 e. The predicted octanol–water partition coefficient (Wildman–Crippen LogP) is 3.60. The summed E-state index contributed by atoms with van der Waals surface area (Å²) in [5, 5.41) is 11.7. The van der Waals surface area contributed by atoms with Crippen molar-refractivity contribution in [3.8, 4) is 0 Å². The van der Waals surface area contributed by atoms with Gasteiger partial charge in [0.15, 0.2) is 5.78 Å². The molecule has 1 aromatic carbocycles. The van der Waals surface area contributed by atoms with Crippen LogP contribution >= 0.6 is 0 Å². The lowest BCUT2D eigenvalue weighted by Gasteiger charge is -2.28. The number of benzene rings is 1. The fourth-order valence-corrected chi connectivity index (χ4v) is 2.25. The molecule has 0 spiro atoms. The number of anilines is 1. The number of carboxylic acid groups (broad SMARTS) is 1. The Morgan fingerprint density at radius 3 is 2.00 bits per heavy atom. The van der Waals surface area contributed by atoms with Gasteiger partial charge >= 0.3 is 5.97 Å². The molecule has 1 unspecified atom stereocenters. The van der Waals surface area contributed by atoms with E-state index < -0.39 is 17.3 Å². The van der Waals surface area contributed by atoms with E-state index in [-0.39, 0.29) is 24.0 Å². The quantitative estimate of drug-likeness (QED) is 0.785. The van der Waals surface area contributed by atoms with Gasteiger partial charge < -0.3 is 10.4 Å². The van der Waals surface area contributed by atoms with Crippen molar-refractivity contribution in [3.63, 3.8) is 0 Å². The van der Waals surface area contributed by atoms with Gasteiger partial charge in [-0.25, -0.2) is 0 Å². The molecule has 5 nitrogen and oxygen atoms in total. The number of hydrogen-bond acceptors (Lipinski definition) is 3. The average Bonchev–Trinajstić information content (AvgIpc) is 2.43. The third-order valence-electron chi connectivity index (χ3n) is 3.70. The van der Waals surface area contributed by atoms with Gasteiger partial charge in [-0.1, -0.05) is 34.6 Å². The number of nitrogens with one attached hydrogen (secondary N) is 1. The fourth-order valence-electron chi connectivity index (χ4n) is 2.25. The summed E-state index contributed by atoms with van der Waals surface area (Å²) in [4.78, 5) is 35.2. The largest absolute Gasteiger partial charge is 0.481 e. The molecule has 1 rings (SSSR count). The van der Waals surface area contributed by atoms with E-state index in [0.717, 1.165) is 0 Å². The topological polar surface area (TPSA) is 83.5 Å². The molecule has 1 aromatic rings. The van der Waals surface area contributed by atoms with Crippen molar-refractivity contribution < 1.29 is 19.5 Å². The minimum atomic E-state index is -1.00. The lowest BCUT2D eigenvalue weighted by molar-refractivity contribution is -0.142. The SMILES string of the molecule is CC(C)C(=O)c1ccc(NC(=O)C(CC(=O)O)C(C)(C)C)cc1. The lowest BCUT2D eigenvalue weighted by Crippen LogP contribution is -2.35. The first-order valence-electron chi connectivity index (χ1n) is 7.69. The fraction of sp³-hybridized carbons (Fsp3) is 0.500. The monoisotopic (exact) mass is 319 g/mol. The molecule has 2 N–H and O–H groups in total. The molecular weight excluding hydrogens is 294 g/mol. The molecule has 126 valence electrons. The van der Waals surface area contributed by atoms with Crippen molar-refractivity contribution >= 4 is 23.3 Å². The number of aliphatic carboxylic acids is 1. The van der Waals surface area contributed by atoms with Crippen LogP contribution in [0.5, 0.6) is 0 Å². The van der Waals surface area contributed by atoms with Crippen LogP contribution in [0.3, 0.4) is 0 Å². The molecule has 1 atom stereocenters. The van der Waals surface area contributed by atoms with Crippen LogP contribution in [0.1, 0.15) is 51.4 Å². The molecule has 0 radical (unpaired) electrons. The van der Waals surface area contributed by atoms with Crippen molar-refractivity contribution in [2.75, 3.05) is 5.32 Å². The molecule has 0 heterocycles. The molecule has 0 bridgehead atoms. The summed E-state index contributed by atoms with van der Waals surface area (Å²) in [5.74, 6) is -2.02. The van der Waals surface area contributed by atoms with Crippen LogP contribution in [0.2, 0.25) is 0 Å². The van der Waals surface area contributed by atoms with Crippen LogP contribution in [-0.2, 0) is 9.59 Å². The maximum absolute atomic E-state index is 12.4. The van der Waals surface area contributed by atoms with Gasteiger partial charge in [0.25, 0.3) is 0 Å². The summed E-state index contributed by atoms with van der Waals surface area (Å²) in [6, 6.07) is 6.66. The van der Waals surface area contributed by atoms with Gasteiger partial charge in [0.05, 0.1) is 12.3 Å². The molecule has 0 saturated carbocycles. The number of carboxylic acids is 1. The molecule has 1 amide bonds. The van der Waals surface area contributed by atoms with Gasteiger partial charge in [-0.2, -0.15) is 0 Å². The number of hydrogen-bond donors (Lipinski definition) is 2. The van der Waals surface area contributed by atoms with E-state index in [4.69, 9.17) is 5.11 Å². The summed E-state index contributed by atoms with van der Waals surface area (Å²) in [5.41, 5.74) is 0.682. The van der Waals surface area contributed by atoms with Crippen LogP contribution in [0.15, 0.2) is 24.3 Å². The highest BCUT2D eigenvalue weighted by Crippen LogP contribution is 2.30. The van der Waals surface area contributed by atoms with Crippen LogP contribution in [-0.4, -0.2) is 22.8 Å². The van der Waals surface area contributed by atoms with Crippen molar-refractivity contribution in [2.45, 2.75) is 41.0 Å². The Kier molecular flexibility index (Phi) is 6.07. The lowest BCUT2D eigenvalue weighted by atomic mass is 9.78. The van der Waals surface area contributed by atoms with E-state index in [0.29, 0.717) is 11.3 Å². The molecule has 0 aliphatic heterocycles. The van der Waals surface area contributed by atoms with E-state index in [1.54, 1.807) is 24.3 Å². The molecule has 0 aliphatic carbocycles. The molecule has 0 fully saturated rings. The third kappa shape index (κ3) is 5.51. The van der Waals surface area contributed by atoms with E-state index >= 15 is 0 Å². The van der Waals surface area contributed by atoms with Gasteiger partial charge in [0.2, 0.25) is 5.91 Å². The number of carbonyl (C=O) groups excluding carboxylic acids is 2. The first-order valence-corrected chi connectivity index (χ1v) is 7.69. The zero-order chi connectivity index (χ0) is 17.8. The van der Waals surface area contributed by atoms with Crippen molar-refractivity contribution in [1.82, 2.24) is 0 Å². The van der Waals surface area contributed by atoms with Gasteiger partial charge in [-0.15, -0.1) is 0 Å². The molecule has 23 heavy (non-hydrogen) atoms. The number of rotatable bonds is 6. The van der Waals surface area contributed by atoms with Gasteiger partial charge in [-0.05, 0) is 29.7 Å². The highest BCUT2D eigenvalue weighted by molar-refractivity contribution is 5.99. The second-order valence-electron chi connectivity index (χ2n) is 7.10. The molecule has 0 saturated heterocycles. The Morgan fingerprint density at radius 2 is 1.61 bits per heavy atom. The highest BCUT2D eigenvalue weighted by atomic mass is 16.4. The highest BCUT2D eigenvalue weighted by Gasteiger charge is 2.33. The van der Waals surface area contributed by atoms with E-state index in [2.05, 4.69) is 5.32 Å². The number of ketones is 1. The van der Waals surface area contributed by atoms with Crippen LogP contribution in [0.25, 0.3) is 0 Å². The minimum absolute atomic E-state index is 0.0429. The second kappa shape index (κ2) is 7.40. The van der Waals surface area contributed by atoms with Crippen molar-refractivity contribution in [1.29, 1.82) is 0 Å². The summed E-state index contributed by atoms with van der Waals surface area (Å²) in [6.45, 7) is 9.18. The summed E-state index contributed by atoms with van der Waals surface area (Å²) < 4.78 is 0. The van der Waals surface area contributed by atoms with E-state index in [1.807, 2.05) is 34.6 Å². The van der Waals surface area contributed by atoms with Crippen LogP contribution in [0, 0.1) is 17.3 Å². The first-order chi connectivity index (χ1) is 10.5. The van der Waals surface area contributed by atoms with Crippen LogP contribution in [0.4, 0.5) is 5.69 Å². The minimum Gasteiger partial charge on any atom is -0.481 e. The Balaban J connectivity index is 2.87. The first kappa shape index (κ1) is 18.9. The van der Waals surface area contributed by atoms with Gasteiger partial charge in [0, 0.05) is 17.2 Å². The van der Waals surface area contributed by atoms with Crippen molar-refractivity contribution in [3.05, 3.63) is 29.8 Å². The zero-order valence-corrected chi connectivity index (χ0v) is 14.3. The zero-order valence-electron chi connectivity index (χ0n) is 14.3. The van der Waals surface area contributed by atoms with Crippen LogP contribution < -0.4 is 5.32 Å². The standard InChI is InChI=1S/C18H25NO4/c1-11(2)16(22)12-6-8-13(9-7-12)19-17(23)14(10-15(20)21)18(3,4)5/h6-9,11,14H,10H2,1-5H3,(H,19,23)(H,20,21). The number of carbonyl (C=O) groups is 3. The summed E-state index contributed by atoms with van der Waals surface area (Å²) >= 11 is 0. The number of amides is 1. The Bertz CT molecular complexity index is 582. The Labute approximate surface area is 137 Å². The van der Waals surface area contributed by atoms with Gasteiger partial charge in [0.1, 0.15) is 0 Å². The number of Topliss-reactive ketones (excluding diaryl/α,β-unsaturated/α-hetero) is 1. The third-order valence-corrected chi connectivity index (χ3v) is 3.70.